The van der Waals surface area contributed by atoms with E-state index in [-0.39, 0.29) is 10.6 Å². The van der Waals surface area contributed by atoms with Crippen LogP contribution in [0.5, 0.6) is 0 Å². The minimum atomic E-state index is -0.385. The minimum absolute atomic E-state index is 0.130. The highest BCUT2D eigenvalue weighted by Crippen LogP contribution is 2.13. The smallest absolute Gasteiger partial charge is 0.258 e. The average molecular weight is 239 g/mol. The molecule has 0 atom stereocenters. The summed E-state index contributed by atoms with van der Waals surface area (Å²) in [5, 5.41) is 10.5. The van der Waals surface area contributed by atoms with Crippen molar-refractivity contribution in [1.29, 1.82) is 0 Å². The van der Waals surface area contributed by atoms with Crippen molar-refractivity contribution in [2.24, 2.45) is 0 Å². The van der Waals surface area contributed by atoms with Gasteiger partial charge in [0.25, 0.3) is 5.69 Å². The molecule has 0 saturated carbocycles. The zero-order chi connectivity index (χ0) is 12.8. The molecule has 0 heterocycles. The molecule has 0 bridgehead atoms. The van der Waals surface area contributed by atoms with E-state index in [4.69, 9.17) is 0 Å². The Labute approximate surface area is 106 Å². The molecular formula is C15H13NO2. The predicted molar refractivity (Wildman–Crippen MR) is 72.3 cm³/mol. The van der Waals surface area contributed by atoms with Crippen molar-refractivity contribution in [3.63, 3.8) is 0 Å². The zero-order valence-corrected chi connectivity index (χ0v) is 9.82. The van der Waals surface area contributed by atoms with Crippen molar-refractivity contribution in [1.82, 2.24) is 0 Å². The molecule has 0 fully saturated rings. The molecule has 0 aliphatic heterocycles. The Morgan fingerprint density at radius 1 is 1.00 bits per heavy atom. The lowest BCUT2D eigenvalue weighted by Crippen LogP contribution is -1.88. The van der Waals surface area contributed by atoms with Gasteiger partial charge < -0.3 is 0 Å². The molecule has 0 N–H and O–H groups in total. The van der Waals surface area contributed by atoms with E-state index in [0.717, 1.165) is 17.5 Å². The van der Waals surface area contributed by atoms with Gasteiger partial charge in [-0.05, 0) is 17.5 Å². The van der Waals surface area contributed by atoms with Gasteiger partial charge in [0.1, 0.15) is 0 Å². The first-order chi connectivity index (χ1) is 8.75. The standard InChI is InChI=1S/C15H13NO2/c17-16(18)15-11-9-14(10-12-15)8-4-7-13-5-2-1-3-6-13/h1-7,9-12H,8H2. The lowest BCUT2D eigenvalue weighted by atomic mass is 10.1. The van der Waals surface area contributed by atoms with Crippen molar-refractivity contribution < 1.29 is 4.92 Å². The molecule has 3 heteroatoms. The molecule has 18 heavy (non-hydrogen) atoms. The number of rotatable bonds is 4. The third-order valence-electron chi connectivity index (χ3n) is 2.61. The molecule has 0 radical (unpaired) electrons. The van der Waals surface area contributed by atoms with E-state index in [1.165, 1.54) is 12.1 Å². The molecule has 2 aromatic rings. The van der Waals surface area contributed by atoms with Crippen LogP contribution >= 0.6 is 0 Å². The number of non-ortho nitro benzene ring substituents is 1. The lowest BCUT2D eigenvalue weighted by molar-refractivity contribution is -0.384. The van der Waals surface area contributed by atoms with Crippen LogP contribution in [0, 0.1) is 10.1 Å². The van der Waals surface area contributed by atoms with Crippen LogP contribution in [0.2, 0.25) is 0 Å². The first-order valence-electron chi connectivity index (χ1n) is 5.70. The fraction of sp³-hybridized carbons (Fsp3) is 0.0667. The fourth-order valence-corrected chi connectivity index (χ4v) is 1.65. The Bertz CT molecular complexity index is 544. The van der Waals surface area contributed by atoms with E-state index < -0.39 is 0 Å². The summed E-state index contributed by atoms with van der Waals surface area (Å²) in [6.07, 6.45) is 4.87. The number of hydrogen-bond donors (Lipinski definition) is 0. The van der Waals surface area contributed by atoms with E-state index in [2.05, 4.69) is 6.08 Å². The minimum Gasteiger partial charge on any atom is -0.258 e. The van der Waals surface area contributed by atoms with Gasteiger partial charge in [-0.1, -0.05) is 54.6 Å². The number of hydrogen-bond acceptors (Lipinski definition) is 2. The second-order valence-electron chi connectivity index (χ2n) is 3.94. The maximum atomic E-state index is 10.5. The first kappa shape index (κ1) is 12.0. The Balaban J connectivity index is 1.98. The maximum absolute atomic E-state index is 10.5. The van der Waals surface area contributed by atoms with Gasteiger partial charge in [-0.15, -0.1) is 0 Å². The summed E-state index contributed by atoms with van der Waals surface area (Å²) in [5.74, 6) is 0. The highest BCUT2D eigenvalue weighted by atomic mass is 16.6. The van der Waals surface area contributed by atoms with E-state index in [1.54, 1.807) is 12.1 Å². The van der Waals surface area contributed by atoms with Gasteiger partial charge in [-0.3, -0.25) is 10.1 Å². The molecule has 0 aliphatic rings. The van der Waals surface area contributed by atoms with Crippen LogP contribution in [0.4, 0.5) is 5.69 Å². The number of nitro groups is 1. The van der Waals surface area contributed by atoms with Crippen molar-refractivity contribution >= 4 is 11.8 Å². The van der Waals surface area contributed by atoms with Gasteiger partial charge in [-0.2, -0.15) is 0 Å². The molecule has 0 spiro atoms. The summed E-state index contributed by atoms with van der Waals surface area (Å²) in [4.78, 5) is 10.1. The maximum Gasteiger partial charge on any atom is 0.269 e. The third kappa shape index (κ3) is 3.28. The fourth-order valence-electron chi connectivity index (χ4n) is 1.65. The number of allylic oxidation sites excluding steroid dienone is 1. The number of nitro benzene ring substituents is 1. The Hall–Kier alpha value is -2.42. The summed E-state index contributed by atoms with van der Waals surface area (Å²) < 4.78 is 0. The summed E-state index contributed by atoms with van der Waals surface area (Å²) in [6, 6.07) is 16.7. The van der Waals surface area contributed by atoms with E-state index >= 15 is 0 Å². The van der Waals surface area contributed by atoms with Crippen LogP contribution in [0.3, 0.4) is 0 Å². The zero-order valence-electron chi connectivity index (χ0n) is 9.82. The molecule has 0 saturated heterocycles. The van der Waals surface area contributed by atoms with E-state index in [0.29, 0.717) is 0 Å². The first-order valence-corrected chi connectivity index (χ1v) is 5.70. The van der Waals surface area contributed by atoms with Crippen molar-refractivity contribution in [2.45, 2.75) is 6.42 Å². The Morgan fingerprint density at radius 3 is 2.28 bits per heavy atom. The van der Waals surface area contributed by atoms with Gasteiger partial charge in [0.15, 0.2) is 0 Å². The lowest BCUT2D eigenvalue weighted by Gasteiger charge is -1.96. The molecule has 2 rings (SSSR count). The SMILES string of the molecule is O=[N+]([O-])c1ccc(CC=Cc2ccccc2)cc1. The van der Waals surface area contributed by atoms with Crippen LogP contribution in [0.25, 0.3) is 6.08 Å². The van der Waals surface area contributed by atoms with Crippen LogP contribution in [-0.2, 0) is 6.42 Å². The monoisotopic (exact) mass is 239 g/mol. The summed E-state index contributed by atoms with van der Waals surface area (Å²) in [5.41, 5.74) is 2.35. The molecule has 2 aromatic carbocycles. The second-order valence-corrected chi connectivity index (χ2v) is 3.94. The van der Waals surface area contributed by atoms with Crippen molar-refractivity contribution in [2.75, 3.05) is 0 Å². The van der Waals surface area contributed by atoms with E-state index in [1.807, 2.05) is 36.4 Å². The van der Waals surface area contributed by atoms with Crippen LogP contribution in [-0.4, -0.2) is 4.92 Å². The van der Waals surface area contributed by atoms with Crippen molar-refractivity contribution in [3.05, 3.63) is 81.9 Å². The van der Waals surface area contributed by atoms with Crippen LogP contribution < -0.4 is 0 Å². The summed E-state index contributed by atoms with van der Waals surface area (Å²) >= 11 is 0. The number of nitrogens with zero attached hydrogens (tertiary/aromatic N) is 1. The van der Waals surface area contributed by atoms with Crippen molar-refractivity contribution in [3.8, 4) is 0 Å². The molecule has 0 unspecified atom stereocenters. The second kappa shape index (κ2) is 5.77. The van der Waals surface area contributed by atoms with Gasteiger partial charge in [0.2, 0.25) is 0 Å². The molecule has 0 aliphatic carbocycles. The van der Waals surface area contributed by atoms with Gasteiger partial charge in [0, 0.05) is 12.1 Å². The molecular weight excluding hydrogens is 226 g/mol. The molecule has 0 aromatic heterocycles. The highest BCUT2D eigenvalue weighted by Gasteiger charge is 2.02. The quantitative estimate of drug-likeness (QED) is 0.600. The summed E-state index contributed by atoms with van der Waals surface area (Å²) in [7, 11) is 0. The summed E-state index contributed by atoms with van der Waals surface area (Å²) in [6.45, 7) is 0. The third-order valence-corrected chi connectivity index (χ3v) is 2.61. The highest BCUT2D eigenvalue weighted by molar-refractivity contribution is 5.49. The number of benzene rings is 2. The molecule has 3 nitrogen and oxygen atoms in total. The normalized spacial score (nSPS) is 10.7. The van der Waals surface area contributed by atoms with Gasteiger partial charge >= 0.3 is 0 Å². The average Bonchev–Trinajstić information content (AvgIpc) is 2.40. The van der Waals surface area contributed by atoms with Gasteiger partial charge in [-0.25, -0.2) is 0 Å². The van der Waals surface area contributed by atoms with E-state index in [9.17, 15) is 10.1 Å². The molecule has 0 amide bonds. The Morgan fingerprint density at radius 2 is 1.67 bits per heavy atom. The van der Waals surface area contributed by atoms with Gasteiger partial charge in [0.05, 0.1) is 4.92 Å². The predicted octanol–water partition coefficient (Wildman–Crippen LogP) is 3.85. The van der Waals surface area contributed by atoms with Crippen LogP contribution in [0.1, 0.15) is 11.1 Å². The largest absolute Gasteiger partial charge is 0.269 e. The topological polar surface area (TPSA) is 43.1 Å². The Kier molecular flexibility index (Phi) is 3.86. The van der Waals surface area contributed by atoms with Crippen LogP contribution in [0.15, 0.2) is 60.7 Å². The molecule has 90 valence electrons.